The van der Waals surface area contributed by atoms with Crippen LogP contribution in [0.25, 0.3) is 0 Å². The third-order valence-electron chi connectivity index (χ3n) is 5.64. The van der Waals surface area contributed by atoms with Gasteiger partial charge in [-0.05, 0) is 50.4 Å². The predicted octanol–water partition coefficient (Wildman–Crippen LogP) is 6.50. The molecule has 1 unspecified atom stereocenters. The van der Waals surface area contributed by atoms with Gasteiger partial charge in [0.1, 0.15) is 0 Å². The maximum Gasteiger partial charge on any atom is 0.330 e. The normalized spacial score (nSPS) is 18.9. The van der Waals surface area contributed by atoms with Crippen molar-refractivity contribution in [3.8, 4) is 0 Å². The van der Waals surface area contributed by atoms with E-state index in [-0.39, 0.29) is 17.1 Å². The first kappa shape index (κ1) is 27.1. The Morgan fingerprint density at radius 2 is 1.94 bits per heavy atom. The topological polar surface area (TPSA) is 57.1 Å². The summed E-state index contributed by atoms with van der Waals surface area (Å²) in [4.78, 5) is 16.4. The van der Waals surface area contributed by atoms with Crippen molar-refractivity contribution >= 4 is 20.0 Å². The molecule has 174 valence electrons. The summed E-state index contributed by atoms with van der Waals surface area (Å²) < 4.78 is 10.9. The average Bonchev–Trinajstić information content (AvgIpc) is 3.13. The van der Waals surface area contributed by atoms with E-state index in [1.807, 2.05) is 24.3 Å². The van der Waals surface area contributed by atoms with Gasteiger partial charge in [0.25, 0.3) is 0 Å². The van der Waals surface area contributed by atoms with Gasteiger partial charge in [-0.1, -0.05) is 62.4 Å². The number of oxime groups is 1. The Kier molecular flexibility index (Phi) is 11.8. The van der Waals surface area contributed by atoms with Crippen molar-refractivity contribution in [3.05, 3.63) is 48.6 Å². The highest BCUT2D eigenvalue weighted by Gasteiger charge is 2.38. The maximum atomic E-state index is 11.0. The fourth-order valence-corrected chi connectivity index (χ4v) is 4.26. The Morgan fingerprint density at radius 3 is 2.61 bits per heavy atom. The lowest BCUT2D eigenvalue weighted by molar-refractivity contribution is -0.134. The Morgan fingerprint density at radius 1 is 1.23 bits per heavy atom. The van der Waals surface area contributed by atoms with Gasteiger partial charge in [0.15, 0.2) is 14.4 Å². The molecule has 0 amide bonds. The highest BCUT2D eigenvalue weighted by molar-refractivity contribution is 6.74. The molecule has 0 aliphatic carbocycles. The summed E-state index contributed by atoms with van der Waals surface area (Å²) in [7, 11) is -0.312. The molecule has 1 rings (SSSR count). The van der Waals surface area contributed by atoms with Crippen molar-refractivity contribution in [1.29, 1.82) is 0 Å². The van der Waals surface area contributed by atoms with Crippen molar-refractivity contribution in [2.75, 3.05) is 7.11 Å². The van der Waals surface area contributed by atoms with Crippen LogP contribution >= 0.6 is 0 Å². The van der Waals surface area contributed by atoms with E-state index in [2.05, 4.69) is 62.8 Å². The largest absolute Gasteiger partial charge is 0.466 e. The van der Waals surface area contributed by atoms with Crippen LogP contribution in [0.1, 0.15) is 59.8 Å². The van der Waals surface area contributed by atoms with Gasteiger partial charge < -0.3 is 14.0 Å². The molecule has 5 nitrogen and oxygen atoms in total. The van der Waals surface area contributed by atoms with Crippen LogP contribution in [0.15, 0.2) is 53.8 Å². The molecule has 0 N–H and O–H groups in total. The summed E-state index contributed by atoms with van der Waals surface area (Å²) in [5, 5.41) is 4.38. The van der Waals surface area contributed by atoms with Gasteiger partial charge in [0, 0.05) is 25.0 Å². The molecule has 0 fully saturated rings. The van der Waals surface area contributed by atoms with E-state index in [4.69, 9.17) is 9.26 Å². The summed E-state index contributed by atoms with van der Waals surface area (Å²) in [6.07, 6.45) is 20.2. The number of esters is 1. The first-order chi connectivity index (χ1) is 14.5. The highest BCUT2D eigenvalue weighted by atomic mass is 28.4. The minimum absolute atomic E-state index is 0.00308. The number of ether oxygens (including phenoxy) is 1. The molecule has 6 heteroatoms. The molecule has 31 heavy (non-hydrogen) atoms. The zero-order valence-electron chi connectivity index (χ0n) is 20.4. The van der Waals surface area contributed by atoms with E-state index in [9.17, 15) is 4.79 Å². The maximum absolute atomic E-state index is 11.0. The van der Waals surface area contributed by atoms with E-state index >= 15 is 0 Å². The summed E-state index contributed by atoms with van der Waals surface area (Å²) in [5.41, 5.74) is 0.997. The van der Waals surface area contributed by atoms with Crippen molar-refractivity contribution in [1.82, 2.24) is 0 Å². The third-order valence-corrected chi connectivity index (χ3v) is 10.2. The summed E-state index contributed by atoms with van der Waals surface area (Å²) in [6, 6.07) is 0. The Bertz CT molecular complexity index is 699. The van der Waals surface area contributed by atoms with E-state index in [1.54, 1.807) is 6.08 Å². The summed E-state index contributed by atoms with van der Waals surface area (Å²) in [6.45, 7) is 13.7. The zero-order valence-corrected chi connectivity index (χ0v) is 21.4. The minimum Gasteiger partial charge on any atom is -0.466 e. The van der Waals surface area contributed by atoms with Crippen LogP contribution in [0.4, 0.5) is 0 Å². The quantitative estimate of drug-likeness (QED) is 0.113. The number of hydrogen-bond acceptors (Lipinski definition) is 5. The molecule has 0 radical (unpaired) electrons. The molecule has 0 saturated carbocycles. The van der Waals surface area contributed by atoms with Gasteiger partial charge in [-0.3, -0.25) is 0 Å². The van der Waals surface area contributed by atoms with Crippen LogP contribution < -0.4 is 0 Å². The van der Waals surface area contributed by atoms with E-state index < -0.39 is 8.32 Å². The number of methoxy groups -OCH3 is 1. The molecule has 2 atom stereocenters. The second-order valence-corrected chi connectivity index (χ2v) is 14.2. The van der Waals surface area contributed by atoms with E-state index in [1.165, 1.54) is 13.2 Å². The standard InChI is InChI=1S/C25H41NO4Si/c1-21(30-31(6,7)25(2,3)4)16-12-9-8-10-14-18-23-20-22(26-29-23)17-13-11-15-19-24(27)28-5/h8,10-11,13-15,18-19,21,23H,9,12,16-17,20H2,1-7H3/b10-8+,13-11-,18-14+,19-15+/t21-,23?/m1/s1. The number of unbranched alkanes of at least 4 members (excludes halogenated alkanes) is 1. The molecule has 0 aromatic carbocycles. The molecule has 0 aromatic rings. The number of hydrogen-bond donors (Lipinski definition) is 0. The van der Waals surface area contributed by atoms with Gasteiger partial charge >= 0.3 is 5.97 Å². The summed E-state index contributed by atoms with van der Waals surface area (Å²) in [5.74, 6) is -0.363. The monoisotopic (exact) mass is 447 g/mol. The van der Waals surface area contributed by atoms with Crippen LogP contribution in [-0.4, -0.2) is 39.3 Å². The first-order valence-electron chi connectivity index (χ1n) is 11.2. The van der Waals surface area contributed by atoms with Crippen molar-refractivity contribution in [2.45, 2.75) is 90.1 Å². The molecule has 0 bridgehead atoms. The average molecular weight is 448 g/mol. The lowest BCUT2D eigenvalue weighted by atomic mass is 10.1. The molecular formula is C25H41NO4Si. The molecule has 1 aliphatic rings. The number of carbonyl (C=O) groups excluding carboxylic acids is 1. The SMILES string of the molecule is COC(=O)/C=C/C=C\CC1=NOC(/C=C/C=C/CCC[C@@H](C)O[Si](C)(C)C(C)(C)C)C1. The molecule has 0 saturated heterocycles. The summed E-state index contributed by atoms with van der Waals surface area (Å²) >= 11 is 0. The minimum atomic E-state index is -1.67. The Hall–Kier alpha value is -1.92. The molecular weight excluding hydrogens is 406 g/mol. The fourth-order valence-electron chi connectivity index (χ4n) is 2.78. The second kappa shape index (κ2) is 13.5. The van der Waals surface area contributed by atoms with Crippen LogP contribution in [-0.2, 0) is 18.8 Å². The third kappa shape index (κ3) is 11.3. The number of allylic oxidation sites excluding steroid dienone is 6. The first-order valence-corrected chi connectivity index (χ1v) is 14.1. The number of carbonyl (C=O) groups is 1. The molecule has 1 heterocycles. The number of rotatable bonds is 12. The van der Waals surface area contributed by atoms with Gasteiger partial charge in [0.05, 0.1) is 12.8 Å². The molecule has 0 spiro atoms. The highest BCUT2D eigenvalue weighted by Crippen LogP contribution is 2.37. The van der Waals surface area contributed by atoms with Gasteiger partial charge in [-0.25, -0.2) is 4.79 Å². The van der Waals surface area contributed by atoms with E-state index in [0.29, 0.717) is 12.5 Å². The Labute approximate surface area is 190 Å². The van der Waals surface area contributed by atoms with Crippen LogP contribution in [0.5, 0.6) is 0 Å². The van der Waals surface area contributed by atoms with Crippen molar-refractivity contribution in [2.24, 2.45) is 5.16 Å². The smallest absolute Gasteiger partial charge is 0.330 e. The van der Waals surface area contributed by atoms with Crippen molar-refractivity contribution < 1.29 is 18.8 Å². The lowest BCUT2D eigenvalue weighted by Gasteiger charge is -2.38. The van der Waals surface area contributed by atoms with Gasteiger partial charge in [-0.2, -0.15) is 0 Å². The van der Waals surface area contributed by atoms with Gasteiger partial charge in [-0.15, -0.1) is 0 Å². The zero-order chi connectivity index (χ0) is 23.3. The molecule has 1 aliphatic heterocycles. The fraction of sp³-hybridized carbons (Fsp3) is 0.600. The van der Waals surface area contributed by atoms with Gasteiger partial charge in [0.2, 0.25) is 0 Å². The van der Waals surface area contributed by atoms with Crippen LogP contribution in [0.3, 0.4) is 0 Å². The Balaban J connectivity index is 2.20. The van der Waals surface area contributed by atoms with Crippen LogP contribution in [0, 0.1) is 0 Å². The van der Waals surface area contributed by atoms with E-state index in [0.717, 1.165) is 31.4 Å². The lowest BCUT2D eigenvalue weighted by Crippen LogP contribution is -2.43. The van der Waals surface area contributed by atoms with Crippen LogP contribution in [0.2, 0.25) is 18.1 Å². The molecule has 0 aromatic heterocycles. The number of nitrogens with zero attached hydrogens (tertiary/aromatic N) is 1. The van der Waals surface area contributed by atoms with Crippen molar-refractivity contribution in [3.63, 3.8) is 0 Å². The predicted molar refractivity (Wildman–Crippen MR) is 132 cm³/mol. The second-order valence-electron chi connectivity index (χ2n) is 9.45.